The molecule has 33 heavy (non-hydrogen) atoms. The van der Waals surface area contributed by atoms with Crippen LogP contribution in [0.1, 0.15) is 30.9 Å². The fourth-order valence-electron chi connectivity index (χ4n) is 3.37. The average molecular weight is 467 g/mol. The summed E-state index contributed by atoms with van der Waals surface area (Å²) in [6, 6.07) is 23.0. The highest BCUT2D eigenvalue weighted by Gasteiger charge is 2.27. The first-order chi connectivity index (χ1) is 15.8. The first-order valence-corrected chi connectivity index (χ1v) is 12.4. The van der Waals surface area contributed by atoms with Crippen LogP contribution in [0.5, 0.6) is 5.75 Å². The van der Waals surface area contributed by atoms with Gasteiger partial charge in [0.25, 0.3) is 10.0 Å². The van der Waals surface area contributed by atoms with Crippen LogP contribution in [-0.4, -0.2) is 34.0 Å². The van der Waals surface area contributed by atoms with Crippen molar-refractivity contribution < 1.29 is 17.9 Å². The van der Waals surface area contributed by atoms with Gasteiger partial charge in [-0.2, -0.15) is 0 Å². The molecule has 0 unspecified atom stereocenters. The van der Waals surface area contributed by atoms with Crippen LogP contribution in [0.25, 0.3) is 0 Å². The number of aryl methyl sites for hydroxylation is 1. The van der Waals surface area contributed by atoms with Gasteiger partial charge in [0.15, 0.2) is 0 Å². The third-order valence-corrected chi connectivity index (χ3v) is 6.95. The molecule has 0 atom stereocenters. The molecule has 0 aromatic heterocycles. The van der Waals surface area contributed by atoms with Crippen LogP contribution >= 0.6 is 0 Å². The summed E-state index contributed by atoms with van der Waals surface area (Å²) in [5, 5.41) is 2.76. The maximum Gasteiger partial charge on any atom is 0.264 e. The second-order valence-corrected chi connectivity index (χ2v) is 9.91. The van der Waals surface area contributed by atoms with Crippen LogP contribution in [0.4, 0.5) is 5.69 Å². The zero-order chi connectivity index (χ0) is 23.8. The summed E-state index contributed by atoms with van der Waals surface area (Å²) in [6.07, 6.45) is 0. The van der Waals surface area contributed by atoms with Gasteiger partial charge < -0.3 is 10.1 Å². The molecular formula is C26H30N2O4S. The van der Waals surface area contributed by atoms with E-state index in [0.29, 0.717) is 11.6 Å². The first-order valence-electron chi connectivity index (χ1n) is 10.9. The molecule has 3 rings (SSSR count). The standard InChI is InChI=1S/C26H30N2O4S/c1-20(2)24-11-7-8-12-25(24)32-18-17-27-26(29)19-28(22-9-5-4-6-10-22)33(30,31)23-15-13-21(3)14-16-23/h4-16,20H,17-19H2,1-3H3,(H,27,29). The van der Waals surface area contributed by atoms with Crippen LogP contribution in [-0.2, 0) is 14.8 Å². The van der Waals surface area contributed by atoms with E-state index in [4.69, 9.17) is 4.74 Å². The Morgan fingerprint density at radius 1 is 0.939 bits per heavy atom. The number of hydrogen-bond donors (Lipinski definition) is 1. The maximum absolute atomic E-state index is 13.3. The average Bonchev–Trinajstić information content (AvgIpc) is 2.81. The topological polar surface area (TPSA) is 75.7 Å². The summed E-state index contributed by atoms with van der Waals surface area (Å²) >= 11 is 0. The second kappa shape index (κ2) is 11.0. The Bertz CT molecular complexity index is 1160. The number of hydrogen-bond acceptors (Lipinski definition) is 4. The molecule has 3 aromatic carbocycles. The molecule has 0 bridgehead atoms. The molecule has 0 aliphatic heterocycles. The Balaban J connectivity index is 1.67. The molecule has 0 fully saturated rings. The van der Waals surface area contributed by atoms with Gasteiger partial charge in [0, 0.05) is 0 Å². The van der Waals surface area contributed by atoms with E-state index in [-0.39, 0.29) is 24.6 Å². The lowest BCUT2D eigenvalue weighted by Gasteiger charge is -2.24. The Morgan fingerprint density at radius 2 is 1.58 bits per heavy atom. The van der Waals surface area contributed by atoms with E-state index < -0.39 is 15.9 Å². The summed E-state index contributed by atoms with van der Waals surface area (Å²) < 4.78 is 33.6. The van der Waals surface area contributed by atoms with Gasteiger partial charge in [-0.3, -0.25) is 9.10 Å². The van der Waals surface area contributed by atoms with E-state index in [9.17, 15) is 13.2 Å². The summed E-state index contributed by atoms with van der Waals surface area (Å²) in [4.78, 5) is 12.8. The van der Waals surface area contributed by atoms with Gasteiger partial charge >= 0.3 is 0 Å². The van der Waals surface area contributed by atoms with Gasteiger partial charge in [0.2, 0.25) is 5.91 Å². The molecule has 0 spiro atoms. The molecule has 0 heterocycles. The molecule has 7 heteroatoms. The van der Waals surface area contributed by atoms with Crippen LogP contribution in [0.15, 0.2) is 83.8 Å². The molecular weight excluding hydrogens is 436 g/mol. The summed E-state index contributed by atoms with van der Waals surface area (Å²) in [5.74, 6) is 0.701. The normalized spacial score (nSPS) is 11.3. The number of carbonyl (C=O) groups is 1. The monoisotopic (exact) mass is 466 g/mol. The second-order valence-electron chi connectivity index (χ2n) is 8.05. The number of nitrogens with zero attached hydrogens (tertiary/aromatic N) is 1. The SMILES string of the molecule is Cc1ccc(S(=O)(=O)N(CC(=O)NCCOc2ccccc2C(C)C)c2ccccc2)cc1. The molecule has 6 nitrogen and oxygen atoms in total. The highest BCUT2D eigenvalue weighted by Crippen LogP contribution is 2.26. The maximum atomic E-state index is 13.3. The number of ether oxygens (including phenoxy) is 1. The van der Waals surface area contributed by atoms with Crippen molar-refractivity contribution in [3.05, 3.63) is 90.0 Å². The van der Waals surface area contributed by atoms with Crippen LogP contribution in [0, 0.1) is 6.92 Å². The van der Waals surface area contributed by atoms with Gasteiger partial charge in [-0.1, -0.05) is 67.9 Å². The third kappa shape index (κ3) is 6.35. The lowest BCUT2D eigenvalue weighted by Crippen LogP contribution is -2.41. The smallest absolute Gasteiger partial charge is 0.264 e. The van der Waals surface area contributed by atoms with Crippen molar-refractivity contribution in [2.24, 2.45) is 0 Å². The number of benzene rings is 3. The number of para-hydroxylation sites is 2. The van der Waals surface area contributed by atoms with Crippen molar-refractivity contribution in [3.63, 3.8) is 0 Å². The van der Waals surface area contributed by atoms with Gasteiger partial charge in [0.1, 0.15) is 18.9 Å². The Kier molecular flexibility index (Phi) is 8.11. The highest BCUT2D eigenvalue weighted by molar-refractivity contribution is 7.92. The molecule has 1 amide bonds. The van der Waals surface area contributed by atoms with Crippen molar-refractivity contribution in [3.8, 4) is 5.75 Å². The quantitative estimate of drug-likeness (QED) is 0.446. The van der Waals surface area contributed by atoms with Crippen LogP contribution in [0.3, 0.4) is 0 Å². The minimum atomic E-state index is -3.91. The van der Waals surface area contributed by atoms with Gasteiger partial charge in [-0.25, -0.2) is 8.42 Å². The number of carbonyl (C=O) groups excluding carboxylic acids is 1. The predicted octanol–water partition coefficient (Wildman–Crippen LogP) is 4.51. The molecule has 0 saturated heterocycles. The van der Waals surface area contributed by atoms with Crippen LogP contribution in [0.2, 0.25) is 0 Å². The molecule has 3 aromatic rings. The van der Waals surface area contributed by atoms with E-state index in [2.05, 4.69) is 19.2 Å². The number of anilines is 1. The number of rotatable bonds is 10. The Morgan fingerprint density at radius 3 is 2.24 bits per heavy atom. The van der Waals surface area contributed by atoms with Crippen molar-refractivity contribution >= 4 is 21.6 Å². The molecule has 1 N–H and O–H groups in total. The first kappa shape index (κ1) is 24.3. The fraction of sp³-hybridized carbons (Fsp3) is 0.269. The molecule has 0 radical (unpaired) electrons. The minimum absolute atomic E-state index is 0.137. The largest absolute Gasteiger partial charge is 0.491 e. The van der Waals surface area contributed by atoms with Crippen LogP contribution < -0.4 is 14.4 Å². The number of sulfonamides is 1. The van der Waals surface area contributed by atoms with E-state index in [1.807, 2.05) is 31.2 Å². The lowest BCUT2D eigenvalue weighted by atomic mass is 10.0. The van der Waals surface area contributed by atoms with Crippen molar-refractivity contribution in [2.45, 2.75) is 31.6 Å². The number of nitrogens with one attached hydrogen (secondary N) is 1. The van der Waals surface area contributed by atoms with E-state index in [1.54, 1.807) is 54.6 Å². The summed E-state index contributed by atoms with van der Waals surface area (Å²) in [5.41, 5.74) is 2.48. The molecule has 0 saturated carbocycles. The number of amides is 1. The van der Waals surface area contributed by atoms with Crippen molar-refractivity contribution in [1.82, 2.24) is 5.32 Å². The van der Waals surface area contributed by atoms with Gasteiger partial charge in [0.05, 0.1) is 17.1 Å². The van der Waals surface area contributed by atoms with Crippen molar-refractivity contribution in [1.29, 1.82) is 0 Å². The zero-order valence-electron chi connectivity index (χ0n) is 19.2. The van der Waals surface area contributed by atoms with E-state index >= 15 is 0 Å². The van der Waals surface area contributed by atoms with Gasteiger partial charge in [-0.15, -0.1) is 0 Å². The Labute approximate surface area is 196 Å². The zero-order valence-corrected chi connectivity index (χ0v) is 20.0. The van der Waals surface area contributed by atoms with Crippen molar-refractivity contribution in [2.75, 3.05) is 24.0 Å². The Hall–Kier alpha value is -3.32. The molecule has 0 aliphatic rings. The third-order valence-electron chi connectivity index (χ3n) is 5.16. The molecule has 0 aliphatic carbocycles. The van der Waals surface area contributed by atoms with E-state index in [0.717, 1.165) is 21.2 Å². The summed E-state index contributed by atoms with van der Waals surface area (Å²) in [7, 11) is -3.91. The van der Waals surface area contributed by atoms with Gasteiger partial charge in [-0.05, 0) is 48.7 Å². The highest BCUT2D eigenvalue weighted by atomic mass is 32.2. The summed E-state index contributed by atoms with van der Waals surface area (Å²) in [6.45, 7) is 6.29. The lowest BCUT2D eigenvalue weighted by molar-refractivity contribution is -0.119. The van der Waals surface area contributed by atoms with E-state index in [1.165, 1.54) is 0 Å². The predicted molar refractivity (Wildman–Crippen MR) is 131 cm³/mol. The molecule has 174 valence electrons. The fourth-order valence-corrected chi connectivity index (χ4v) is 4.79. The minimum Gasteiger partial charge on any atom is -0.491 e.